The van der Waals surface area contributed by atoms with E-state index in [1.54, 1.807) is 17.1 Å². The molecule has 3 aromatic heterocycles. The largest absolute Gasteiger partial charge is 0.306 e. The van der Waals surface area contributed by atoms with Crippen molar-refractivity contribution in [2.45, 2.75) is 33.7 Å². The molecule has 0 fully saturated rings. The highest BCUT2D eigenvalue weighted by Crippen LogP contribution is 2.20. The van der Waals surface area contributed by atoms with Gasteiger partial charge in [-0.15, -0.1) is 0 Å². The van der Waals surface area contributed by atoms with Crippen LogP contribution < -0.4 is 5.32 Å². The van der Waals surface area contributed by atoms with E-state index in [0.717, 1.165) is 22.4 Å². The van der Waals surface area contributed by atoms with Crippen LogP contribution >= 0.6 is 0 Å². The SMILES string of the molecule is Cc1ccc(-n2nc(C)cc2NC(=O)c2cnc3c(cnn3C(C)C)c2)cc1. The van der Waals surface area contributed by atoms with E-state index in [9.17, 15) is 4.79 Å². The first kappa shape index (κ1) is 17.9. The Kier molecular flexibility index (Phi) is 4.43. The highest BCUT2D eigenvalue weighted by Gasteiger charge is 2.15. The number of carbonyl (C=O) groups is 1. The molecular weight excluding hydrogens is 352 g/mol. The molecule has 0 atom stereocenters. The number of pyridine rings is 1. The van der Waals surface area contributed by atoms with Gasteiger partial charge in [0.05, 0.1) is 23.1 Å². The lowest BCUT2D eigenvalue weighted by Crippen LogP contribution is -2.15. The lowest BCUT2D eigenvalue weighted by molar-refractivity contribution is 0.102. The van der Waals surface area contributed by atoms with Crippen LogP contribution in [-0.2, 0) is 0 Å². The van der Waals surface area contributed by atoms with Gasteiger partial charge in [-0.1, -0.05) is 17.7 Å². The minimum absolute atomic E-state index is 0.205. The maximum atomic E-state index is 12.8. The molecule has 0 aliphatic heterocycles. The van der Waals surface area contributed by atoms with Crippen molar-refractivity contribution in [3.05, 3.63) is 65.6 Å². The Balaban J connectivity index is 1.64. The predicted octanol–water partition coefficient (Wildman–Crippen LogP) is 4.07. The fourth-order valence-corrected chi connectivity index (χ4v) is 3.10. The summed E-state index contributed by atoms with van der Waals surface area (Å²) in [4.78, 5) is 17.3. The van der Waals surface area contributed by atoms with Gasteiger partial charge >= 0.3 is 0 Å². The van der Waals surface area contributed by atoms with Crippen molar-refractivity contribution in [3.63, 3.8) is 0 Å². The van der Waals surface area contributed by atoms with Crippen molar-refractivity contribution in [1.29, 1.82) is 0 Å². The number of nitrogens with one attached hydrogen (secondary N) is 1. The van der Waals surface area contributed by atoms with E-state index in [0.29, 0.717) is 11.4 Å². The average molecular weight is 374 g/mol. The third kappa shape index (κ3) is 3.26. The summed E-state index contributed by atoms with van der Waals surface area (Å²) in [5.74, 6) is 0.379. The predicted molar refractivity (Wildman–Crippen MR) is 109 cm³/mol. The van der Waals surface area contributed by atoms with Crippen molar-refractivity contribution in [2.75, 3.05) is 5.32 Å². The maximum Gasteiger partial charge on any atom is 0.258 e. The van der Waals surface area contributed by atoms with Crippen molar-refractivity contribution in [2.24, 2.45) is 0 Å². The monoisotopic (exact) mass is 374 g/mol. The zero-order valence-corrected chi connectivity index (χ0v) is 16.3. The second-order valence-electron chi connectivity index (χ2n) is 7.19. The first-order chi connectivity index (χ1) is 13.4. The fraction of sp³-hybridized carbons (Fsp3) is 0.238. The third-order valence-electron chi connectivity index (χ3n) is 4.54. The minimum Gasteiger partial charge on any atom is -0.306 e. The molecule has 0 radical (unpaired) electrons. The van der Waals surface area contributed by atoms with Gasteiger partial charge in [-0.25, -0.2) is 14.3 Å². The quantitative estimate of drug-likeness (QED) is 0.584. The smallest absolute Gasteiger partial charge is 0.258 e. The third-order valence-corrected chi connectivity index (χ3v) is 4.54. The molecule has 3 heterocycles. The van der Waals surface area contributed by atoms with Gasteiger partial charge < -0.3 is 5.32 Å². The van der Waals surface area contributed by atoms with Crippen LogP contribution in [0, 0.1) is 13.8 Å². The highest BCUT2D eigenvalue weighted by molar-refractivity contribution is 6.05. The van der Waals surface area contributed by atoms with Crippen LogP contribution in [0.15, 0.2) is 48.8 Å². The Bertz CT molecular complexity index is 1150. The molecule has 0 saturated carbocycles. The first-order valence-corrected chi connectivity index (χ1v) is 9.20. The van der Waals surface area contributed by atoms with E-state index in [1.165, 1.54) is 5.56 Å². The summed E-state index contributed by atoms with van der Waals surface area (Å²) in [7, 11) is 0. The number of rotatable bonds is 4. The summed E-state index contributed by atoms with van der Waals surface area (Å²) < 4.78 is 3.57. The number of hydrogen-bond acceptors (Lipinski definition) is 4. The van der Waals surface area contributed by atoms with Crippen molar-refractivity contribution in [3.8, 4) is 5.69 Å². The fourth-order valence-electron chi connectivity index (χ4n) is 3.10. The molecule has 4 aromatic rings. The van der Waals surface area contributed by atoms with Crippen molar-refractivity contribution in [1.82, 2.24) is 24.5 Å². The van der Waals surface area contributed by atoms with Crippen molar-refractivity contribution >= 4 is 22.8 Å². The number of amides is 1. The molecule has 7 heteroatoms. The molecule has 0 unspecified atom stereocenters. The Hall–Kier alpha value is -3.48. The second-order valence-corrected chi connectivity index (χ2v) is 7.19. The summed E-state index contributed by atoms with van der Waals surface area (Å²) in [6, 6.07) is 11.8. The topological polar surface area (TPSA) is 77.6 Å². The summed E-state index contributed by atoms with van der Waals surface area (Å²) in [6.45, 7) is 8.02. The van der Waals surface area contributed by atoms with E-state index < -0.39 is 0 Å². The Morgan fingerprint density at radius 1 is 1.07 bits per heavy atom. The highest BCUT2D eigenvalue weighted by atomic mass is 16.1. The standard InChI is InChI=1S/C21H22N6O/c1-13(2)26-20-16(12-23-26)10-17(11-22-20)21(28)24-19-9-15(4)25-27(19)18-7-5-14(3)6-8-18/h5-13H,1-4H3,(H,24,28). The number of nitrogens with zero attached hydrogens (tertiary/aromatic N) is 5. The van der Waals surface area contributed by atoms with E-state index in [4.69, 9.17) is 0 Å². The van der Waals surface area contributed by atoms with Crippen LogP contribution in [0.5, 0.6) is 0 Å². The summed E-state index contributed by atoms with van der Waals surface area (Å²) in [5, 5.41) is 12.6. The molecule has 0 spiro atoms. The minimum atomic E-state index is -0.236. The van der Waals surface area contributed by atoms with E-state index in [2.05, 4.69) is 20.5 Å². The second kappa shape index (κ2) is 6.92. The molecule has 7 nitrogen and oxygen atoms in total. The maximum absolute atomic E-state index is 12.8. The Morgan fingerprint density at radius 2 is 1.82 bits per heavy atom. The zero-order valence-electron chi connectivity index (χ0n) is 16.3. The molecule has 4 rings (SSSR count). The van der Waals surface area contributed by atoms with Gasteiger partial charge in [-0.05, 0) is 45.9 Å². The Labute approximate surface area is 163 Å². The van der Waals surface area contributed by atoms with E-state index in [1.807, 2.05) is 68.8 Å². The number of aryl methyl sites for hydroxylation is 2. The number of aromatic nitrogens is 5. The molecule has 0 bridgehead atoms. The normalized spacial score (nSPS) is 11.3. The molecular formula is C21H22N6O. The summed E-state index contributed by atoms with van der Waals surface area (Å²) in [5.41, 5.74) is 4.13. The number of fused-ring (bicyclic) bond motifs is 1. The molecule has 0 aliphatic carbocycles. The summed E-state index contributed by atoms with van der Waals surface area (Å²) in [6.07, 6.45) is 3.32. The molecule has 0 aliphatic rings. The lowest BCUT2D eigenvalue weighted by atomic mass is 10.2. The molecule has 0 saturated heterocycles. The molecule has 142 valence electrons. The average Bonchev–Trinajstić information content (AvgIpc) is 3.25. The number of carbonyl (C=O) groups excluding carboxylic acids is 1. The van der Waals surface area contributed by atoms with Gasteiger partial charge in [0.1, 0.15) is 5.82 Å². The van der Waals surface area contributed by atoms with Crippen LogP contribution in [-0.4, -0.2) is 30.5 Å². The molecule has 1 N–H and O–H groups in total. The van der Waals surface area contributed by atoms with Gasteiger partial charge in [0.25, 0.3) is 5.91 Å². The van der Waals surface area contributed by atoms with Crippen LogP contribution in [0.3, 0.4) is 0 Å². The van der Waals surface area contributed by atoms with Crippen LogP contribution in [0.25, 0.3) is 16.7 Å². The first-order valence-electron chi connectivity index (χ1n) is 9.20. The van der Waals surface area contributed by atoms with E-state index >= 15 is 0 Å². The lowest BCUT2D eigenvalue weighted by Gasteiger charge is -2.10. The summed E-state index contributed by atoms with van der Waals surface area (Å²) >= 11 is 0. The van der Waals surface area contributed by atoms with Gasteiger partial charge in [-0.3, -0.25) is 4.79 Å². The van der Waals surface area contributed by atoms with Gasteiger partial charge in [0.15, 0.2) is 5.65 Å². The van der Waals surface area contributed by atoms with E-state index in [-0.39, 0.29) is 11.9 Å². The zero-order chi connectivity index (χ0) is 19.8. The van der Waals surface area contributed by atoms with Crippen LogP contribution in [0.1, 0.15) is 41.5 Å². The van der Waals surface area contributed by atoms with Gasteiger partial charge in [-0.2, -0.15) is 10.2 Å². The molecule has 1 aromatic carbocycles. The Morgan fingerprint density at radius 3 is 2.54 bits per heavy atom. The van der Waals surface area contributed by atoms with Crippen molar-refractivity contribution < 1.29 is 4.79 Å². The van der Waals surface area contributed by atoms with Gasteiger partial charge in [0.2, 0.25) is 0 Å². The molecule has 28 heavy (non-hydrogen) atoms. The number of hydrogen-bond donors (Lipinski definition) is 1. The molecule has 1 amide bonds. The van der Waals surface area contributed by atoms with Crippen LogP contribution in [0.2, 0.25) is 0 Å². The van der Waals surface area contributed by atoms with Crippen LogP contribution in [0.4, 0.5) is 5.82 Å². The number of anilines is 1. The van der Waals surface area contributed by atoms with Gasteiger partial charge in [0, 0.05) is 23.7 Å². The number of benzene rings is 1.